The lowest BCUT2D eigenvalue weighted by Gasteiger charge is -2.12. The van der Waals surface area contributed by atoms with E-state index in [0.717, 1.165) is 23.3 Å². The molecule has 0 atom stereocenters. The van der Waals surface area contributed by atoms with E-state index < -0.39 is 0 Å². The average Bonchev–Trinajstić information content (AvgIpc) is 2.68. The second-order valence-corrected chi connectivity index (χ2v) is 6.65. The second kappa shape index (κ2) is 8.68. The van der Waals surface area contributed by atoms with Gasteiger partial charge in [0, 0.05) is 6.42 Å². The van der Waals surface area contributed by atoms with E-state index in [1.165, 1.54) is 16.7 Å². The van der Waals surface area contributed by atoms with Crippen molar-refractivity contribution in [3.63, 3.8) is 0 Å². The van der Waals surface area contributed by atoms with E-state index in [4.69, 9.17) is 16.3 Å². The monoisotopic (exact) mass is 364 g/mol. The summed E-state index contributed by atoms with van der Waals surface area (Å²) in [6.07, 6.45) is 1.84. The molecule has 0 aromatic heterocycles. The number of carbonyl (C=O) groups excluding carboxylic acids is 1. The Balaban J connectivity index is 1.94. The van der Waals surface area contributed by atoms with Crippen molar-refractivity contribution in [1.29, 1.82) is 0 Å². The third-order valence-electron chi connectivity index (χ3n) is 4.46. The van der Waals surface area contributed by atoms with Crippen LogP contribution in [0.25, 0.3) is 11.1 Å². The van der Waals surface area contributed by atoms with E-state index >= 15 is 0 Å². The van der Waals surface area contributed by atoms with Crippen molar-refractivity contribution in [2.24, 2.45) is 0 Å². The van der Waals surface area contributed by atoms with E-state index in [1.807, 2.05) is 30.3 Å². The number of aryl methyl sites for hydroxylation is 1. The van der Waals surface area contributed by atoms with Gasteiger partial charge in [0.2, 0.25) is 5.24 Å². The van der Waals surface area contributed by atoms with E-state index in [0.29, 0.717) is 12.8 Å². The molecule has 0 N–H and O–H groups in total. The molecule has 0 spiro atoms. The lowest BCUT2D eigenvalue weighted by molar-refractivity contribution is -0.111. The number of hydrogen-bond donors (Lipinski definition) is 0. The van der Waals surface area contributed by atoms with Crippen LogP contribution in [-0.4, -0.2) is 12.4 Å². The van der Waals surface area contributed by atoms with Gasteiger partial charge >= 0.3 is 0 Å². The Morgan fingerprint density at radius 3 is 2.23 bits per heavy atom. The fraction of sp³-hybridized carbons (Fsp3) is 0.174. The van der Waals surface area contributed by atoms with E-state index in [-0.39, 0.29) is 5.24 Å². The van der Waals surface area contributed by atoms with Crippen LogP contribution in [0.5, 0.6) is 5.75 Å². The van der Waals surface area contributed by atoms with Crippen LogP contribution in [0.2, 0.25) is 0 Å². The summed E-state index contributed by atoms with van der Waals surface area (Å²) < 4.78 is 5.24. The van der Waals surface area contributed by atoms with Gasteiger partial charge in [0.05, 0.1) is 7.11 Å². The highest BCUT2D eigenvalue weighted by Gasteiger charge is 2.09. The minimum atomic E-state index is -0.296. The van der Waals surface area contributed by atoms with Crippen LogP contribution in [0.3, 0.4) is 0 Å². The molecule has 0 bridgehead atoms. The molecule has 0 unspecified atom stereocenters. The lowest BCUT2D eigenvalue weighted by atomic mass is 9.93. The third-order valence-corrected chi connectivity index (χ3v) is 4.65. The Morgan fingerprint density at radius 1 is 0.885 bits per heavy atom. The van der Waals surface area contributed by atoms with Gasteiger partial charge in [-0.15, -0.1) is 0 Å². The second-order valence-electron chi connectivity index (χ2n) is 6.23. The molecular formula is C23H21ClO2. The molecular weight excluding hydrogens is 344 g/mol. The SMILES string of the molecule is COc1ccc(-c2ccc(CCC(=O)Cl)c(Cc3ccccc3)c2)cc1. The first-order valence-electron chi connectivity index (χ1n) is 8.64. The maximum Gasteiger partial charge on any atom is 0.221 e. The van der Waals surface area contributed by atoms with Gasteiger partial charge in [-0.1, -0.05) is 60.7 Å². The lowest BCUT2D eigenvalue weighted by Crippen LogP contribution is -1.99. The van der Waals surface area contributed by atoms with Crippen LogP contribution in [0.1, 0.15) is 23.1 Å². The summed E-state index contributed by atoms with van der Waals surface area (Å²) in [5, 5.41) is -0.296. The Kier molecular flexibility index (Phi) is 6.08. The third kappa shape index (κ3) is 4.74. The van der Waals surface area contributed by atoms with Gasteiger partial charge in [-0.05, 0) is 64.4 Å². The first-order valence-corrected chi connectivity index (χ1v) is 9.02. The Morgan fingerprint density at radius 2 is 1.58 bits per heavy atom. The molecule has 0 radical (unpaired) electrons. The maximum absolute atomic E-state index is 11.2. The summed E-state index contributed by atoms with van der Waals surface area (Å²) in [6, 6.07) is 24.8. The quantitative estimate of drug-likeness (QED) is 0.506. The van der Waals surface area contributed by atoms with Gasteiger partial charge < -0.3 is 4.74 Å². The molecule has 0 saturated carbocycles. The van der Waals surface area contributed by atoms with Crippen LogP contribution >= 0.6 is 11.6 Å². The Hall–Kier alpha value is -2.58. The maximum atomic E-state index is 11.2. The molecule has 26 heavy (non-hydrogen) atoms. The number of ether oxygens (including phenoxy) is 1. The number of hydrogen-bond acceptors (Lipinski definition) is 2. The number of rotatable bonds is 7. The molecule has 2 nitrogen and oxygen atoms in total. The largest absolute Gasteiger partial charge is 0.497 e. The Bertz CT molecular complexity index is 870. The van der Waals surface area contributed by atoms with Crippen LogP contribution in [0.15, 0.2) is 72.8 Å². The number of halogens is 1. The van der Waals surface area contributed by atoms with Gasteiger partial charge in [0.25, 0.3) is 0 Å². The number of carbonyl (C=O) groups is 1. The fourth-order valence-electron chi connectivity index (χ4n) is 3.05. The van der Waals surface area contributed by atoms with Crippen molar-refractivity contribution < 1.29 is 9.53 Å². The highest BCUT2D eigenvalue weighted by molar-refractivity contribution is 6.63. The van der Waals surface area contributed by atoms with Crippen molar-refractivity contribution in [3.8, 4) is 16.9 Å². The van der Waals surface area contributed by atoms with E-state index in [1.54, 1.807) is 7.11 Å². The fourth-order valence-corrected chi connectivity index (χ4v) is 3.14. The summed E-state index contributed by atoms with van der Waals surface area (Å²) >= 11 is 5.55. The van der Waals surface area contributed by atoms with Gasteiger partial charge in [-0.25, -0.2) is 0 Å². The van der Waals surface area contributed by atoms with Crippen molar-refractivity contribution >= 4 is 16.8 Å². The van der Waals surface area contributed by atoms with Crippen molar-refractivity contribution in [1.82, 2.24) is 0 Å². The van der Waals surface area contributed by atoms with Gasteiger partial charge in [0.15, 0.2) is 0 Å². The molecule has 0 saturated heterocycles. The van der Waals surface area contributed by atoms with Crippen LogP contribution in [-0.2, 0) is 17.6 Å². The zero-order valence-corrected chi connectivity index (χ0v) is 15.5. The predicted molar refractivity (Wildman–Crippen MR) is 107 cm³/mol. The van der Waals surface area contributed by atoms with Crippen molar-refractivity contribution in [2.75, 3.05) is 7.11 Å². The molecule has 0 aliphatic heterocycles. The molecule has 3 rings (SSSR count). The number of benzene rings is 3. The first-order chi connectivity index (χ1) is 12.7. The van der Waals surface area contributed by atoms with Crippen LogP contribution in [0.4, 0.5) is 0 Å². The molecule has 0 amide bonds. The highest BCUT2D eigenvalue weighted by atomic mass is 35.5. The standard InChI is InChI=1S/C23H21ClO2/c1-26-22-12-9-18(10-13-22)20-8-7-19(11-14-23(24)25)21(16-20)15-17-5-3-2-4-6-17/h2-10,12-13,16H,11,14-15H2,1H3. The summed E-state index contributed by atoms with van der Waals surface area (Å²) in [4.78, 5) is 11.2. The Labute approximate surface area is 159 Å². The highest BCUT2D eigenvalue weighted by Crippen LogP contribution is 2.27. The van der Waals surface area contributed by atoms with Gasteiger partial charge in [0.1, 0.15) is 5.75 Å². The van der Waals surface area contributed by atoms with Crippen molar-refractivity contribution in [3.05, 3.63) is 89.5 Å². The average molecular weight is 365 g/mol. The molecule has 132 valence electrons. The summed E-state index contributed by atoms with van der Waals surface area (Å²) in [5.41, 5.74) is 5.93. The minimum Gasteiger partial charge on any atom is -0.497 e. The van der Waals surface area contributed by atoms with Gasteiger partial charge in [-0.2, -0.15) is 0 Å². The molecule has 3 aromatic carbocycles. The van der Waals surface area contributed by atoms with Crippen molar-refractivity contribution in [2.45, 2.75) is 19.3 Å². The molecule has 0 aliphatic carbocycles. The van der Waals surface area contributed by atoms with Crippen LogP contribution < -0.4 is 4.74 Å². The minimum absolute atomic E-state index is 0.296. The smallest absolute Gasteiger partial charge is 0.221 e. The molecule has 3 aromatic rings. The zero-order valence-electron chi connectivity index (χ0n) is 14.7. The summed E-state index contributed by atoms with van der Waals surface area (Å²) in [7, 11) is 1.67. The first kappa shape index (κ1) is 18.2. The molecule has 0 heterocycles. The molecule has 0 fully saturated rings. The number of methoxy groups -OCH3 is 1. The predicted octanol–water partition coefficient (Wildman–Crippen LogP) is 5.65. The zero-order chi connectivity index (χ0) is 18.4. The molecule has 0 aliphatic rings. The summed E-state index contributed by atoms with van der Waals surface area (Å²) in [6.45, 7) is 0. The summed E-state index contributed by atoms with van der Waals surface area (Å²) in [5.74, 6) is 0.843. The van der Waals surface area contributed by atoms with E-state index in [9.17, 15) is 4.79 Å². The topological polar surface area (TPSA) is 26.3 Å². The van der Waals surface area contributed by atoms with E-state index in [2.05, 4.69) is 42.5 Å². The normalized spacial score (nSPS) is 10.5. The van der Waals surface area contributed by atoms with Crippen LogP contribution in [0, 0.1) is 0 Å². The van der Waals surface area contributed by atoms with Gasteiger partial charge in [-0.3, -0.25) is 4.79 Å². The molecule has 3 heteroatoms.